The van der Waals surface area contributed by atoms with Crippen LogP contribution in [0, 0.1) is 17.3 Å². The number of carbonyl (C=O) groups excluding carboxylic acids is 2. The molecule has 0 spiro atoms. The van der Waals surface area contributed by atoms with Crippen LogP contribution >= 0.6 is 0 Å². The van der Waals surface area contributed by atoms with Crippen LogP contribution in [0.4, 0.5) is 4.79 Å². The van der Waals surface area contributed by atoms with E-state index < -0.39 is 17.1 Å². The normalized spacial score (nSPS) is 35.8. The lowest BCUT2D eigenvalue weighted by atomic mass is 9.71. The SMILES string of the molecule is COC(=O)[C@]1(C)CC[C@H]2C[C@H]2[C@H]1NC(=O)OC(C)(C)C. The van der Waals surface area contributed by atoms with E-state index in [-0.39, 0.29) is 12.0 Å². The average Bonchev–Trinajstić information content (AvgIpc) is 3.09. The third kappa shape index (κ3) is 2.91. The monoisotopic (exact) mass is 283 g/mol. The largest absolute Gasteiger partial charge is 0.469 e. The number of hydrogen-bond donors (Lipinski definition) is 1. The maximum absolute atomic E-state index is 12.1. The van der Waals surface area contributed by atoms with E-state index in [2.05, 4.69) is 5.32 Å². The van der Waals surface area contributed by atoms with Crippen molar-refractivity contribution in [3.8, 4) is 0 Å². The first kappa shape index (κ1) is 15.1. The van der Waals surface area contributed by atoms with E-state index in [1.54, 1.807) is 0 Å². The van der Waals surface area contributed by atoms with Crippen LogP contribution in [0.25, 0.3) is 0 Å². The average molecular weight is 283 g/mol. The number of alkyl carbamates (subject to hydrolysis) is 1. The second-order valence-electron chi connectivity index (χ2n) is 7.23. The van der Waals surface area contributed by atoms with Gasteiger partial charge in [-0.15, -0.1) is 0 Å². The molecule has 0 aliphatic heterocycles. The summed E-state index contributed by atoms with van der Waals surface area (Å²) in [6, 6.07) is -0.191. The molecular formula is C15H25NO4. The molecule has 0 heterocycles. The maximum Gasteiger partial charge on any atom is 0.407 e. The van der Waals surface area contributed by atoms with Crippen molar-refractivity contribution in [2.45, 2.75) is 58.6 Å². The Hall–Kier alpha value is -1.26. The summed E-state index contributed by atoms with van der Waals surface area (Å²) >= 11 is 0. The van der Waals surface area contributed by atoms with Crippen molar-refractivity contribution in [2.24, 2.45) is 17.3 Å². The number of ether oxygens (including phenoxy) is 2. The molecule has 20 heavy (non-hydrogen) atoms. The van der Waals surface area contributed by atoms with E-state index >= 15 is 0 Å². The van der Waals surface area contributed by atoms with Crippen LogP contribution in [-0.2, 0) is 14.3 Å². The molecule has 1 N–H and O–H groups in total. The third-order valence-electron chi connectivity index (χ3n) is 4.45. The van der Waals surface area contributed by atoms with E-state index in [0.29, 0.717) is 11.8 Å². The van der Waals surface area contributed by atoms with Gasteiger partial charge in [-0.3, -0.25) is 4.79 Å². The lowest BCUT2D eigenvalue weighted by Crippen LogP contribution is -2.54. The minimum absolute atomic E-state index is 0.191. The first-order valence-electron chi connectivity index (χ1n) is 7.25. The number of hydrogen-bond acceptors (Lipinski definition) is 4. The third-order valence-corrected chi connectivity index (χ3v) is 4.45. The van der Waals surface area contributed by atoms with Crippen LogP contribution in [-0.4, -0.2) is 30.8 Å². The lowest BCUT2D eigenvalue weighted by Gasteiger charge is -2.39. The van der Waals surface area contributed by atoms with Gasteiger partial charge in [-0.25, -0.2) is 4.79 Å². The molecule has 0 aromatic rings. The molecule has 5 nitrogen and oxygen atoms in total. The summed E-state index contributed by atoms with van der Waals surface area (Å²) in [5, 5.41) is 2.91. The van der Waals surface area contributed by atoms with E-state index in [1.165, 1.54) is 7.11 Å². The zero-order valence-electron chi connectivity index (χ0n) is 13.0. The summed E-state index contributed by atoms with van der Waals surface area (Å²) in [7, 11) is 1.40. The number of methoxy groups -OCH3 is 1. The highest BCUT2D eigenvalue weighted by molar-refractivity contribution is 5.79. The van der Waals surface area contributed by atoms with Gasteiger partial charge >= 0.3 is 12.1 Å². The summed E-state index contributed by atoms with van der Waals surface area (Å²) in [6.45, 7) is 7.36. The Kier molecular flexibility index (Phi) is 3.73. The predicted octanol–water partition coefficient (Wildman–Crippen LogP) is 2.49. The second-order valence-corrected chi connectivity index (χ2v) is 7.23. The first-order valence-corrected chi connectivity index (χ1v) is 7.25. The van der Waals surface area contributed by atoms with E-state index in [4.69, 9.17) is 9.47 Å². The van der Waals surface area contributed by atoms with Crippen molar-refractivity contribution >= 4 is 12.1 Å². The van der Waals surface area contributed by atoms with Crippen molar-refractivity contribution in [1.82, 2.24) is 5.32 Å². The molecule has 0 aromatic heterocycles. The summed E-state index contributed by atoms with van der Waals surface area (Å²) in [5.41, 5.74) is -1.19. The Bertz CT molecular complexity index is 415. The van der Waals surface area contributed by atoms with Gasteiger partial charge in [0, 0.05) is 0 Å². The van der Waals surface area contributed by atoms with Crippen LogP contribution in [0.1, 0.15) is 47.0 Å². The molecule has 0 radical (unpaired) electrons. The van der Waals surface area contributed by atoms with Crippen LogP contribution in [0.5, 0.6) is 0 Å². The molecule has 2 aliphatic carbocycles. The minimum atomic E-state index is -0.649. The summed E-state index contributed by atoms with van der Waals surface area (Å²) in [4.78, 5) is 24.1. The first-order chi connectivity index (χ1) is 9.17. The van der Waals surface area contributed by atoms with Gasteiger partial charge < -0.3 is 14.8 Å². The van der Waals surface area contributed by atoms with E-state index in [0.717, 1.165) is 19.3 Å². The highest BCUT2D eigenvalue weighted by Gasteiger charge is 2.58. The zero-order chi connectivity index (χ0) is 15.1. The molecule has 2 rings (SSSR count). The number of fused-ring (bicyclic) bond motifs is 1. The molecule has 0 aromatic carbocycles. The molecular weight excluding hydrogens is 258 g/mol. The number of rotatable bonds is 2. The molecule has 0 unspecified atom stereocenters. The van der Waals surface area contributed by atoms with Gasteiger partial charge in [-0.1, -0.05) is 0 Å². The number of carbonyl (C=O) groups is 2. The lowest BCUT2D eigenvalue weighted by molar-refractivity contribution is -0.155. The van der Waals surface area contributed by atoms with Crippen molar-refractivity contribution in [2.75, 3.05) is 7.11 Å². The van der Waals surface area contributed by atoms with Crippen LogP contribution in [0.3, 0.4) is 0 Å². The topological polar surface area (TPSA) is 64.6 Å². The van der Waals surface area contributed by atoms with E-state index in [1.807, 2.05) is 27.7 Å². The van der Waals surface area contributed by atoms with Crippen molar-refractivity contribution in [1.29, 1.82) is 0 Å². The predicted molar refractivity (Wildman–Crippen MR) is 74.1 cm³/mol. The van der Waals surface area contributed by atoms with Gasteiger partial charge in [0.25, 0.3) is 0 Å². The van der Waals surface area contributed by atoms with Gasteiger partial charge in [0.1, 0.15) is 5.60 Å². The second kappa shape index (κ2) is 4.93. The maximum atomic E-state index is 12.1. The quantitative estimate of drug-likeness (QED) is 0.791. The number of nitrogens with one attached hydrogen (secondary N) is 1. The molecule has 0 saturated heterocycles. The van der Waals surface area contributed by atoms with Crippen LogP contribution < -0.4 is 5.32 Å². The minimum Gasteiger partial charge on any atom is -0.469 e. The molecule has 2 fully saturated rings. The van der Waals surface area contributed by atoms with Gasteiger partial charge in [0.05, 0.1) is 18.6 Å². The van der Waals surface area contributed by atoms with Crippen LogP contribution in [0.2, 0.25) is 0 Å². The van der Waals surface area contributed by atoms with E-state index in [9.17, 15) is 9.59 Å². The number of amides is 1. The Balaban J connectivity index is 2.10. The van der Waals surface area contributed by atoms with Gasteiger partial charge in [-0.2, -0.15) is 0 Å². The molecule has 0 bridgehead atoms. The van der Waals surface area contributed by atoms with Crippen molar-refractivity contribution < 1.29 is 19.1 Å². The van der Waals surface area contributed by atoms with Crippen molar-refractivity contribution in [3.05, 3.63) is 0 Å². The smallest absolute Gasteiger partial charge is 0.407 e. The molecule has 114 valence electrons. The highest BCUT2D eigenvalue weighted by atomic mass is 16.6. The van der Waals surface area contributed by atoms with Crippen molar-refractivity contribution in [3.63, 3.8) is 0 Å². The Morgan fingerprint density at radius 1 is 1.30 bits per heavy atom. The standard InChI is InChI=1S/C15H25NO4/c1-14(2,3)20-13(18)16-11-10-8-9(10)6-7-15(11,4)12(17)19-5/h9-11H,6-8H2,1-5H3,(H,16,18)/t9-,10+,11+,15+/m0/s1. The molecule has 4 atom stereocenters. The Labute approximate surface area is 120 Å². The number of esters is 1. The fraction of sp³-hybridized carbons (Fsp3) is 0.867. The fourth-order valence-electron chi connectivity index (χ4n) is 3.29. The molecule has 5 heteroatoms. The summed E-state index contributed by atoms with van der Waals surface area (Å²) < 4.78 is 10.3. The molecule has 1 amide bonds. The zero-order valence-corrected chi connectivity index (χ0v) is 13.0. The molecule has 2 saturated carbocycles. The summed E-state index contributed by atoms with van der Waals surface area (Å²) in [5.74, 6) is 0.761. The summed E-state index contributed by atoms with van der Waals surface area (Å²) in [6.07, 6.45) is 2.40. The van der Waals surface area contributed by atoms with Gasteiger partial charge in [-0.05, 0) is 58.8 Å². The fourth-order valence-corrected chi connectivity index (χ4v) is 3.29. The van der Waals surface area contributed by atoms with Gasteiger partial charge in [0.15, 0.2) is 0 Å². The molecule has 2 aliphatic rings. The Morgan fingerprint density at radius 3 is 2.50 bits per heavy atom. The van der Waals surface area contributed by atoms with Gasteiger partial charge in [0.2, 0.25) is 0 Å². The highest BCUT2D eigenvalue weighted by Crippen LogP contribution is 2.56. The Morgan fingerprint density at radius 2 is 1.95 bits per heavy atom. The van der Waals surface area contributed by atoms with Crippen LogP contribution in [0.15, 0.2) is 0 Å².